The van der Waals surface area contributed by atoms with E-state index in [-0.39, 0.29) is 30.4 Å². The van der Waals surface area contributed by atoms with Gasteiger partial charge in [-0.3, -0.25) is 14.4 Å². The third kappa shape index (κ3) is 4.59. The maximum atomic E-state index is 14.7. The van der Waals surface area contributed by atoms with Crippen molar-refractivity contribution in [2.24, 2.45) is 11.8 Å². The van der Waals surface area contributed by atoms with Crippen LogP contribution >= 0.6 is 0 Å². The fourth-order valence-electron chi connectivity index (χ4n) is 7.44. The Hall–Kier alpha value is -2.97. The largest absolute Gasteiger partial charge is 0.394 e. The Kier molecular flexibility index (Phi) is 8.90. The lowest BCUT2D eigenvalue weighted by atomic mass is 9.64. The van der Waals surface area contributed by atoms with Crippen molar-refractivity contribution in [1.82, 2.24) is 14.7 Å². The average Bonchev–Trinajstić information content (AvgIpc) is 3.55. The second-order valence-corrected chi connectivity index (χ2v) is 11.6. The second-order valence-electron chi connectivity index (χ2n) is 11.6. The van der Waals surface area contributed by atoms with E-state index in [1.165, 1.54) is 0 Å². The highest BCUT2D eigenvalue weighted by molar-refractivity contribution is 5.99. The molecule has 218 valence electrons. The van der Waals surface area contributed by atoms with Crippen molar-refractivity contribution in [2.45, 2.75) is 82.7 Å². The molecule has 1 spiro atoms. The van der Waals surface area contributed by atoms with E-state index in [9.17, 15) is 19.5 Å². The first-order chi connectivity index (χ1) is 19.2. The van der Waals surface area contributed by atoms with Gasteiger partial charge in [0.2, 0.25) is 17.7 Å². The molecule has 3 aliphatic heterocycles. The molecular formula is C32H45N3O5. The van der Waals surface area contributed by atoms with Crippen LogP contribution in [0.15, 0.2) is 55.6 Å². The number of carbonyl (C=O) groups excluding carboxylic acids is 3. The van der Waals surface area contributed by atoms with Crippen molar-refractivity contribution in [3.8, 4) is 0 Å². The van der Waals surface area contributed by atoms with E-state index >= 15 is 0 Å². The zero-order valence-electron chi connectivity index (χ0n) is 24.4. The number of fused-ring (bicyclic) bond motifs is 1. The maximum Gasteiger partial charge on any atom is 0.248 e. The first-order valence-corrected chi connectivity index (χ1v) is 14.7. The highest BCUT2D eigenvalue weighted by atomic mass is 16.5. The topological polar surface area (TPSA) is 90.4 Å². The minimum atomic E-state index is -1.16. The molecule has 6 atom stereocenters. The molecule has 8 heteroatoms. The molecule has 1 N–H and O–H groups in total. The number of aliphatic hydroxyl groups excluding tert-OH is 1. The molecule has 0 saturated carbocycles. The minimum absolute atomic E-state index is 0.122. The summed E-state index contributed by atoms with van der Waals surface area (Å²) in [6.45, 7) is 16.4. The van der Waals surface area contributed by atoms with E-state index in [0.717, 1.165) is 12.0 Å². The van der Waals surface area contributed by atoms with Gasteiger partial charge in [0.05, 0.1) is 30.1 Å². The molecule has 2 bridgehead atoms. The molecule has 40 heavy (non-hydrogen) atoms. The fraction of sp³-hybridized carbons (Fsp3) is 0.594. The van der Waals surface area contributed by atoms with Gasteiger partial charge in [-0.15, -0.1) is 13.2 Å². The van der Waals surface area contributed by atoms with Gasteiger partial charge in [-0.1, -0.05) is 56.3 Å². The highest BCUT2D eigenvalue weighted by Gasteiger charge is 2.79. The van der Waals surface area contributed by atoms with Gasteiger partial charge in [-0.25, -0.2) is 0 Å². The smallest absolute Gasteiger partial charge is 0.248 e. The fourth-order valence-corrected chi connectivity index (χ4v) is 7.44. The van der Waals surface area contributed by atoms with Crippen molar-refractivity contribution in [3.05, 3.63) is 61.2 Å². The Bertz CT molecular complexity index is 1120. The number of hydrogen-bond donors (Lipinski definition) is 1. The number of hydrogen-bond acceptors (Lipinski definition) is 5. The number of ether oxygens (including phenoxy) is 1. The zero-order valence-corrected chi connectivity index (χ0v) is 24.4. The number of rotatable bonds is 13. The Labute approximate surface area is 238 Å². The number of carbonyl (C=O) groups is 3. The summed E-state index contributed by atoms with van der Waals surface area (Å²) in [6, 6.07) is 7.41. The number of amides is 3. The second kappa shape index (κ2) is 11.9. The summed E-state index contributed by atoms with van der Waals surface area (Å²) in [5, 5.41) is 10.7. The molecule has 8 nitrogen and oxygen atoms in total. The van der Waals surface area contributed by atoms with Crippen molar-refractivity contribution in [2.75, 3.05) is 26.2 Å². The molecule has 4 rings (SSSR count). The first kappa shape index (κ1) is 30.0. The van der Waals surface area contributed by atoms with Crippen LogP contribution in [0.1, 0.15) is 65.0 Å². The predicted octanol–water partition coefficient (Wildman–Crippen LogP) is 3.72. The minimum Gasteiger partial charge on any atom is -0.394 e. The summed E-state index contributed by atoms with van der Waals surface area (Å²) in [5.74, 6) is -2.19. The van der Waals surface area contributed by atoms with Crippen LogP contribution in [0.2, 0.25) is 0 Å². The summed E-state index contributed by atoms with van der Waals surface area (Å²) in [6.07, 6.45) is 5.81. The predicted molar refractivity (Wildman–Crippen MR) is 154 cm³/mol. The van der Waals surface area contributed by atoms with Crippen LogP contribution in [0, 0.1) is 11.8 Å². The van der Waals surface area contributed by atoms with Crippen molar-refractivity contribution >= 4 is 17.7 Å². The van der Waals surface area contributed by atoms with E-state index in [1.807, 2.05) is 58.0 Å². The van der Waals surface area contributed by atoms with Gasteiger partial charge in [0, 0.05) is 25.7 Å². The van der Waals surface area contributed by atoms with E-state index in [4.69, 9.17) is 4.74 Å². The van der Waals surface area contributed by atoms with Crippen LogP contribution in [-0.2, 0) is 19.1 Å². The van der Waals surface area contributed by atoms with Gasteiger partial charge >= 0.3 is 0 Å². The molecule has 3 heterocycles. The van der Waals surface area contributed by atoms with Gasteiger partial charge < -0.3 is 24.5 Å². The molecule has 3 amide bonds. The Morgan fingerprint density at radius 1 is 1.12 bits per heavy atom. The van der Waals surface area contributed by atoms with Gasteiger partial charge in [0.15, 0.2) is 0 Å². The van der Waals surface area contributed by atoms with Gasteiger partial charge in [-0.05, 0) is 45.1 Å². The SMILES string of the molecule is C=CCN(CCC)C(=O)[C@H]1[C@H]2C(=O)N([C@H](CO)c3ccccc3)C(C(=O)N(CC=C)C(C)C)C23CC[C@]1(CC)O3. The number of aliphatic hydroxyl groups is 1. The summed E-state index contributed by atoms with van der Waals surface area (Å²) in [4.78, 5) is 48.5. The van der Waals surface area contributed by atoms with Crippen LogP contribution < -0.4 is 0 Å². The van der Waals surface area contributed by atoms with Gasteiger partial charge in [0.25, 0.3) is 0 Å². The zero-order chi connectivity index (χ0) is 29.2. The molecule has 3 aliphatic rings. The van der Waals surface area contributed by atoms with E-state index < -0.39 is 35.1 Å². The highest BCUT2D eigenvalue weighted by Crippen LogP contribution is 2.65. The lowest BCUT2D eigenvalue weighted by molar-refractivity contribution is -0.158. The lowest BCUT2D eigenvalue weighted by Gasteiger charge is -2.40. The lowest BCUT2D eigenvalue weighted by Crippen LogP contribution is -2.58. The van der Waals surface area contributed by atoms with E-state index in [2.05, 4.69) is 13.2 Å². The number of benzene rings is 1. The molecular weight excluding hydrogens is 506 g/mol. The molecule has 0 radical (unpaired) electrons. The third-order valence-electron chi connectivity index (χ3n) is 9.20. The van der Waals surface area contributed by atoms with Gasteiger partial charge in [0.1, 0.15) is 11.6 Å². The standard InChI is InChI=1S/C32H45N3O5/c1-7-18-33(19-8-2)28(37)25-26-29(38)35(24(21-36)23-14-12-11-13-15-23)27(30(39)34(20-9-3)22(5)6)32(26)17-16-31(25,10-4)40-32/h7,9,11-15,22,24-27,36H,1,3,8,10,16-21H2,2,4-6H3/t24-,25-,26+,27?,31+,32?/m1/s1. The first-order valence-electron chi connectivity index (χ1n) is 14.7. The summed E-state index contributed by atoms with van der Waals surface area (Å²) in [5.41, 5.74) is -1.25. The van der Waals surface area contributed by atoms with Crippen LogP contribution in [0.3, 0.4) is 0 Å². The molecule has 3 saturated heterocycles. The monoisotopic (exact) mass is 551 g/mol. The Balaban J connectivity index is 1.90. The average molecular weight is 552 g/mol. The van der Waals surface area contributed by atoms with Crippen LogP contribution in [0.25, 0.3) is 0 Å². The van der Waals surface area contributed by atoms with Crippen LogP contribution in [0.4, 0.5) is 0 Å². The Morgan fingerprint density at radius 3 is 2.35 bits per heavy atom. The molecule has 1 aromatic rings. The molecule has 2 unspecified atom stereocenters. The summed E-state index contributed by atoms with van der Waals surface area (Å²) < 4.78 is 6.94. The van der Waals surface area contributed by atoms with E-state index in [0.29, 0.717) is 38.9 Å². The van der Waals surface area contributed by atoms with Crippen molar-refractivity contribution in [1.29, 1.82) is 0 Å². The molecule has 0 aliphatic carbocycles. The van der Waals surface area contributed by atoms with Crippen LogP contribution in [0.5, 0.6) is 0 Å². The molecule has 0 aromatic heterocycles. The van der Waals surface area contributed by atoms with Gasteiger partial charge in [-0.2, -0.15) is 0 Å². The third-order valence-corrected chi connectivity index (χ3v) is 9.20. The van der Waals surface area contributed by atoms with Crippen molar-refractivity contribution in [3.63, 3.8) is 0 Å². The van der Waals surface area contributed by atoms with Crippen LogP contribution in [-0.4, -0.2) is 87.1 Å². The number of nitrogens with zero attached hydrogens (tertiary/aromatic N) is 3. The summed E-state index contributed by atoms with van der Waals surface area (Å²) >= 11 is 0. The molecule has 1 aromatic carbocycles. The quantitative estimate of drug-likeness (QED) is 0.378. The number of likely N-dealkylation sites (tertiary alicyclic amines) is 1. The molecule has 3 fully saturated rings. The van der Waals surface area contributed by atoms with E-state index in [1.54, 1.807) is 26.9 Å². The van der Waals surface area contributed by atoms with Crippen molar-refractivity contribution < 1.29 is 24.2 Å². The Morgan fingerprint density at radius 2 is 1.80 bits per heavy atom. The summed E-state index contributed by atoms with van der Waals surface area (Å²) in [7, 11) is 0. The normalized spacial score (nSPS) is 29.4. The maximum absolute atomic E-state index is 14.7.